The van der Waals surface area contributed by atoms with Crippen molar-refractivity contribution in [2.75, 3.05) is 11.9 Å². The molecule has 1 aromatic rings. The number of thiazole rings is 1. The standard InChI is InChI=1S/C8H8N2S/c1-3-5-9-8-10-7(4-2)6-11-8/h2-3,6H,1,5H2,(H,9,10). The fourth-order valence-corrected chi connectivity index (χ4v) is 1.24. The molecule has 0 bridgehead atoms. The average Bonchev–Trinajstić information content (AvgIpc) is 2.48. The van der Waals surface area contributed by atoms with Crippen molar-refractivity contribution in [3.8, 4) is 12.3 Å². The highest BCUT2D eigenvalue weighted by molar-refractivity contribution is 7.13. The van der Waals surface area contributed by atoms with Crippen LogP contribution in [0.3, 0.4) is 0 Å². The Balaban J connectivity index is 2.59. The average molecular weight is 164 g/mol. The molecule has 1 rings (SSSR count). The predicted octanol–water partition coefficient (Wildman–Crippen LogP) is 1.72. The van der Waals surface area contributed by atoms with Gasteiger partial charge in [0.15, 0.2) is 5.13 Å². The highest BCUT2D eigenvalue weighted by Crippen LogP contribution is 2.13. The van der Waals surface area contributed by atoms with Gasteiger partial charge in [0.05, 0.1) is 0 Å². The van der Waals surface area contributed by atoms with E-state index in [2.05, 4.69) is 22.8 Å². The molecule has 0 spiro atoms. The summed E-state index contributed by atoms with van der Waals surface area (Å²) in [4.78, 5) is 4.09. The Kier molecular flexibility index (Phi) is 2.70. The van der Waals surface area contributed by atoms with Crippen LogP contribution >= 0.6 is 11.3 Å². The predicted molar refractivity (Wildman–Crippen MR) is 48.7 cm³/mol. The molecule has 0 saturated heterocycles. The number of nitrogens with zero attached hydrogens (tertiary/aromatic N) is 1. The Bertz CT molecular complexity index is 283. The molecule has 0 atom stereocenters. The van der Waals surface area contributed by atoms with Gasteiger partial charge in [-0.25, -0.2) is 4.98 Å². The molecule has 1 aromatic heterocycles. The van der Waals surface area contributed by atoms with Crippen molar-refractivity contribution >= 4 is 16.5 Å². The zero-order valence-electron chi connectivity index (χ0n) is 6.00. The van der Waals surface area contributed by atoms with Gasteiger partial charge in [-0.1, -0.05) is 6.08 Å². The van der Waals surface area contributed by atoms with Gasteiger partial charge in [0, 0.05) is 11.9 Å². The van der Waals surface area contributed by atoms with Crippen LogP contribution in [0.25, 0.3) is 0 Å². The lowest BCUT2D eigenvalue weighted by molar-refractivity contribution is 1.27. The molecule has 0 saturated carbocycles. The first-order valence-corrected chi connectivity index (χ1v) is 4.01. The summed E-state index contributed by atoms with van der Waals surface area (Å²) in [6.07, 6.45) is 6.91. The second-order valence-corrected chi connectivity index (χ2v) is 2.71. The maximum atomic E-state index is 5.14. The third-order valence-electron chi connectivity index (χ3n) is 1.05. The first kappa shape index (κ1) is 7.83. The van der Waals surface area contributed by atoms with E-state index in [9.17, 15) is 0 Å². The van der Waals surface area contributed by atoms with Gasteiger partial charge in [-0.15, -0.1) is 24.3 Å². The van der Waals surface area contributed by atoms with Crippen LogP contribution in [0.4, 0.5) is 5.13 Å². The summed E-state index contributed by atoms with van der Waals surface area (Å²) in [6.45, 7) is 4.30. The molecule has 11 heavy (non-hydrogen) atoms. The second-order valence-electron chi connectivity index (χ2n) is 1.85. The van der Waals surface area contributed by atoms with Crippen molar-refractivity contribution in [2.45, 2.75) is 0 Å². The summed E-state index contributed by atoms with van der Waals surface area (Å²) in [5.41, 5.74) is 0.682. The number of terminal acetylenes is 1. The zero-order chi connectivity index (χ0) is 8.10. The summed E-state index contributed by atoms with van der Waals surface area (Å²) >= 11 is 1.50. The minimum atomic E-state index is 0.682. The molecule has 0 aliphatic heterocycles. The van der Waals surface area contributed by atoms with E-state index in [1.165, 1.54) is 11.3 Å². The van der Waals surface area contributed by atoms with Gasteiger partial charge < -0.3 is 5.32 Å². The lowest BCUT2D eigenvalue weighted by atomic mass is 10.5. The molecular weight excluding hydrogens is 156 g/mol. The smallest absolute Gasteiger partial charge is 0.184 e. The first-order valence-electron chi connectivity index (χ1n) is 3.13. The third-order valence-corrected chi connectivity index (χ3v) is 1.85. The molecule has 0 aliphatic rings. The zero-order valence-corrected chi connectivity index (χ0v) is 6.82. The van der Waals surface area contributed by atoms with Crippen LogP contribution in [0, 0.1) is 12.3 Å². The number of hydrogen-bond donors (Lipinski definition) is 1. The monoisotopic (exact) mass is 164 g/mol. The molecule has 56 valence electrons. The Morgan fingerprint density at radius 2 is 2.73 bits per heavy atom. The Morgan fingerprint density at radius 1 is 1.91 bits per heavy atom. The van der Waals surface area contributed by atoms with E-state index in [1.807, 2.05) is 5.38 Å². The van der Waals surface area contributed by atoms with Crippen LogP contribution < -0.4 is 5.32 Å². The largest absolute Gasteiger partial charge is 0.358 e. The molecule has 0 fully saturated rings. The first-order chi connectivity index (χ1) is 5.36. The summed E-state index contributed by atoms with van der Waals surface area (Å²) < 4.78 is 0. The number of aromatic nitrogens is 1. The maximum absolute atomic E-state index is 5.14. The fraction of sp³-hybridized carbons (Fsp3) is 0.125. The normalized spacial score (nSPS) is 8.64. The summed E-state index contributed by atoms with van der Waals surface area (Å²) in [5, 5.41) is 5.73. The van der Waals surface area contributed by atoms with Crippen LogP contribution in [0.5, 0.6) is 0 Å². The summed E-state index contributed by atoms with van der Waals surface area (Å²) in [5.74, 6) is 2.46. The second kappa shape index (κ2) is 3.79. The van der Waals surface area contributed by atoms with Crippen molar-refractivity contribution in [1.29, 1.82) is 0 Å². The molecule has 2 nitrogen and oxygen atoms in total. The Labute approximate surface area is 70.0 Å². The van der Waals surface area contributed by atoms with Crippen LogP contribution in [0.2, 0.25) is 0 Å². The minimum Gasteiger partial charge on any atom is -0.358 e. The Hall–Kier alpha value is -1.27. The lowest BCUT2D eigenvalue weighted by Crippen LogP contribution is -1.96. The van der Waals surface area contributed by atoms with Gasteiger partial charge in [0.2, 0.25) is 0 Å². The molecule has 3 heteroatoms. The number of nitrogens with one attached hydrogen (secondary N) is 1. The van der Waals surface area contributed by atoms with Crippen molar-refractivity contribution in [3.63, 3.8) is 0 Å². The van der Waals surface area contributed by atoms with Crippen LogP contribution in [0.15, 0.2) is 18.0 Å². The molecule has 1 heterocycles. The molecule has 0 amide bonds. The van der Waals surface area contributed by atoms with Gasteiger partial charge >= 0.3 is 0 Å². The van der Waals surface area contributed by atoms with E-state index in [0.29, 0.717) is 5.69 Å². The highest BCUT2D eigenvalue weighted by Gasteiger charge is 1.95. The molecule has 1 N–H and O–H groups in total. The third kappa shape index (κ3) is 2.10. The van der Waals surface area contributed by atoms with E-state index < -0.39 is 0 Å². The van der Waals surface area contributed by atoms with Crippen LogP contribution in [0.1, 0.15) is 5.69 Å². The SMILES string of the molecule is C#Cc1csc(NCC=C)n1. The van der Waals surface area contributed by atoms with Crippen LogP contribution in [-0.2, 0) is 0 Å². The number of anilines is 1. The molecular formula is C8H8N2S. The lowest BCUT2D eigenvalue weighted by Gasteiger charge is -1.93. The molecule has 0 radical (unpaired) electrons. The van der Waals surface area contributed by atoms with E-state index in [4.69, 9.17) is 6.42 Å². The van der Waals surface area contributed by atoms with E-state index >= 15 is 0 Å². The van der Waals surface area contributed by atoms with E-state index in [1.54, 1.807) is 6.08 Å². The van der Waals surface area contributed by atoms with Gasteiger partial charge in [0.1, 0.15) is 5.69 Å². The Morgan fingerprint density at radius 3 is 3.27 bits per heavy atom. The van der Waals surface area contributed by atoms with Crippen molar-refractivity contribution < 1.29 is 0 Å². The number of hydrogen-bond acceptors (Lipinski definition) is 3. The molecule has 0 unspecified atom stereocenters. The van der Waals surface area contributed by atoms with Crippen molar-refractivity contribution in [2.24, 2.45) is 0 Å². The van der Waals surface area contributed by atoms with Gasteiger partial charge in [-0.2, -0.15) is 0 Å². The topological polar surface area (TPSA) is 24.9 Å². The quantitative estimate of drug-likeness (QED) is 0.543. The van der Waals surface area contributed by atoms with Crippen molar-refractivity contribution in [3.05, 3.63) is 23.7 Å². The summed E-state index contributed by atoms with van der Waals surface area (Å²) in [6, 6.07) is 0. The minimum absolute atomic E-state index is 0.682. The van der Waals surface area contributed by atoms with Gasteiger partial charge in [-0.3, -0.25) is 0 Å². The van der Waals surface area contributed by atoms with Crippen molar-refractivity contribution in [1.82, 2.24) is 4.98 Å². The fourth-order valence-electron chi connectivity index (χ4n) is 0.581. The highest BCUT2D eigenvalue weighted by atomic mass is 32.1. The van der Waals surface area contributed by atoms with E-state index in [0.717, 1.165) is 11.7 Å². The number of rotatable bonds is 3. The molecule has 0 aromatic carbocycles. The van der Waals surface area contributed by atoms with E-state index in [-0.39, 0.29) is 0 Å². The summed E-state index contributed by atoms with van der Waals surface area (Å²) in [7, 11) is 0. The van der Waals surface area contributed by atoms with Gasteiger partial charge in [-0.05, 0) is 5.92 Å². The molecule has 0 aliphatic carbocycles. The van der Waals surface area contributed by atoms with Gasteiger partial charge in [0.25, 0.3) is 0 Å². The maximum Gasteiger partial charge on any atom is 0.184 e. The van der Waals surface area contributed by atoms with Crippen LogP contribution in [-0.4, -0.2) is 11.5 Å².